The monoisotopic (exact) mass is 421 g/mol. The summed E-state index contributed by atoms with van der Waals surface area (Å²) in [5, 5.41) is 0. The van der Waals surface area contributed by atoms with Gasteiger partial charge in [-0.2, -0.15) is 0 Å². The number of hydrogen-bond acceptors (Lipinski definition) is 5. The van der Waals surface area contributed by atoms with Crippen LogP contribution in [0.4, 0.5) is 0 Å². The van der Waals surface area contributed by atoms with Gasteiger partial charge in [0.25, 0.3) is 0 Å². The number of fused-ring (bicyclic) bond motifs is 1. The first-order chi connectivity index (χ1) is 15.1. The number of carbonyl (C=O) groups is 1. The SMILES string of the molecule is COc1ccc(-c2ccc(CCC(=O)N3CCc4cc(OC)c(OC)cc4C3)o2)cc1. The number of hydrogen-bond donors (Lipinski definition) is 0. The maximum atomic E-state index is 12.8. The summed E-state index contributed by atoms with van der Waals surface area (Å²) < 4.78 is 21.9. The van der Waals surface area contributed by atoms with Crippen molar-refractivity contribution in [3.05, 3.63) is 65.4 Å². The molecule has 0 saturated carbocycles. The third-order valence-electron chi connectivity index (χ3n) is 5.69. The van der Waals surface area contributed by atoms with Crippen molar-refractivity contribution in [1.29, 1.82) is 0 Å². The van der Waals surface area contributed by atoms with Crippen molar-refractivity contribution >= 4 is 5.91 Å². The maximum absolute atomic E-state index is 12.8. The van der Waals surface area contributed by atoms with Crippen LogP contribution >= 0.6 is 0 Å². The van der Waals surface area contributed by atoms with E-state index in [1.807, 2.05) is 53.4 Å². The fraction of sp³-hybridized carbons (Fsp3) is 0.320. The third-order valence-corrected chi connectivity index (χ3v) is 5.69. The van der Waals surface area contributed by atoms with Crippen molar-refractivity contribution in [2.45, 2.75) is 25.8 Å². The van der Waals surface area contributed by atoms with Crippen LogP contribution in [0.5, 0.6) is 17.2 Å². The van der Waals surface area contributed by atoms with Crippen LogP contribution < -0.4 is 14.2 Å². The van der Waals surface area contributed by atoms with Gasteiger partial charge in [0.2, 0.25) is 5.91 Å². The molecule has 6 heteroatoms. The Morgan fingerprint density at radius 3 is 2.32 bits per heavy atom. The number of carbonyl (C=O) groups excluding carboxylic acids is 1. The lowest BCUT2D eigenvalue weighted by Crippen LogP contribution is -2.36. The Morgan fingerprint density at radius 2 is 1.65 bits per heavy atom. The van der Waals surface area contributed by atoms with E-state index in [1.165, 1.54) is 5.56 Å². The first kappa shape index (κ1) is 20.8. The highest BCUT2D eigenvalue weighted by Gasteiger charge is 2.23. The highest BCUT2D eigenvalue weighted by atomic mass is 16.5. The second-order valence-electron chi connectivity index (χ2n) is 7.54. The lowest BCUT2D eigenvalue weighted by Gasteiger charge is -2.29. The molecule has 1 aliphatic rings. The van der Waals surface area contributed by atoms with Crippen LogP contribution in [0.1, 0.15) is 23.3 Å². The molecule has 1 aromatic heterocycles. The van der Waals surface area contributed by atoms with Gasteiger partial charge in [0.05, 0.1) is 21.3 Å². The molecule has 0 spiro atoms. The van der Waals surface area contributed by atoms with E-state index in [0.717, 1.165) is 40.6 Å². The lowest BCUT2D eigenvalue weighted by molar-refractivity contribution is -0.132. The van der Waals surface area contributed by atoms with Crippen molar-refractivity contribution in [2.24, 2.45) is 0 Å². The summed E-state index contributed by atoms with van der Waals surface area (Å²) in [5.41, 5.74) is 3.30. The smallest absolute Gasteiger partial charge is 0.223 e. The van der Waals surface area contributed by atoms with Gasteiger partial charge in [-0.1, -0.05) is 0 Å². The Balaban J connectivity index is 1.37. The molecule has 0 atom stereocenters. The first-order valence-electron chi connectivity index (χ1n) is 10.4. The second kappa shape index (κ2) is 9.16. The fourth-order valence-corrected chi connectivity index (χ4v) is 3.91. The van der Waals surface area contributed by atoms with Crippen molar-refractivity contribution in [3.8, 4) is 28.6 Å². The topological polar surface area (TPSA) is 61.1 Å². The summed E-state index contributed by atoms with van der Waals surface area (Å²) >= 11 is 0. The Morgan fingerprint density at radius 1 is 0.935 bits per heavy atom. The van der Waals surface area contributed by atoms with E-state index in [0.29, 0.717) is 31.7 Å². The minimum Gasteiger partial charge on any atom is -0.497 e. The molecule has 1 aliphatic heterocycles. The molecule has 0 fully saturated rings. The van der Waals surface area contributed by atoms with Gasteiger partial charge >= 0.3 is 0 Å². The quantitative estimate of drug-likeness (QED) is 0.563. The minimum atomic E-state index is 0.128. The summed E-state index contributed by atoms with van der Waals surface area (Å²) in [6.07, 6.45) is 1.80. The zero-order valence-electron chi connectivity index (χ0n) is 18.1. The summed E-state index contributed by atoms with van der Waals surface area (Å²) in [7, 11) is 4.91. The normalized spacial score (nSPS) is 12.9. The highest BCUT2D eigenvalue weighted by molar-refractivity contribution is 5.77. The molecule has 2 heterocycles. The predicted molar refractivity (Wildman–Crippen MR) is 118 cm³/mol. The molecule has 31 heavy (non-hydrogen) atoms. The molecule has 0 N–H and O–H groups in total. The van der Waals surface area contributed by atoms with Gasteiger partial charge in [0, 0.05) is 31.5 Å². The molecule has 0 radical (unpaired) electrons. The van der Waals surface area contributed by atoms with Gasteiger partial charge < -0.3 is 23.5 Å². The molecular weight excluding hydrogens is 394 g/mol. The fourth-order valence-electron chi connectivity index (χ4n) is 3.91. The summed E-state index contributed by atoms with van der Waals surface area (Å²) in [6, 6.07) is 15.6. The number of furan rings is 1. The highest BCUT2D eigenvalue weighted by Crippen LogP contribution is 2.33. The van der Waals surface area contributed by atoms with Crippen LogP contribution in [0.25, 0.3) is 11.3 Å². The molecule has 3 aromatic rings. The minimum absolute atomic E-state index is 0.128. The van der Waals surface area contributed by atoms with Crippen LogP contribution in [0.15, 0.2) is 52.9 Å². The van der Waals surface area contributed by atoms with Gasteiger partial charge in [-0.05, 0) is 66.1 Å². The Labute approximate surface area is 182 Å². The van der Waals surface area contributed by atoms with E-state index >= 15 is 0 Å². The first-order valence-corrected chi connectivity index (χ1v) is 10.4. The molecule has 0 unspecified atom stereocenters. The Bertz CT molecular complexity index is 1050. The molecule has 0 saturated heterocycles. The number of benzene rings is 2. The number of methoxy groups -OCH3 is 3. The van der Waals surface area contributed by atoms with Crippen molar-refractivity contribution in [1.82, 2.24) is 4.90 Å². The molecule has 0 bridgehead atoms. The summed E-state index contributed by atoms with van der Waals surface area (Å²) in [4.78, 5) is 14.7. The molecular formula is C25H27NO5. The number of amides is 1. The van der Waals surface area contributed by atoms with Crippen LogP contribution in [-0.2, 0) is 24.2 Å². The molecule has 1 amide bonds. The lowest BCUT2D eigenvalue weighted by atomic mass is 9.98. The maximum Gasteiger partial charge on any atom is 0.223 e. The Kier molecular flexibility index (Phi) is 6.16. The largest absolute Gasteiger partial charge is 0.497 e. The van der Waals surface area contributed by atoms with Crippen LogP contribution in [0.2, 0.25) is 0 Å². The van der Waals surface area contributed by atoms with Crippen molar-refractivity contribution in [3.63, 3.8) is 0 Å². The molecule has 0 aliphatic carbocycles. The third kappa shape index (κ3) is 4.53. The van der Waals surface area contributed by atoms with Crippen molar-refractivity contribution < 1.29 is 23.4 Å². The van der Waals surface area contributed by atoms with E-state index < -0.39 is 0 Å². The van der Waals surface area contributed by atoms with Gasteiger partial charge in [0.15, 0.2) is 11.5 Å². The predicted octanol–water partition coefficient (Wildman–Crippen LogP) is 4.49. The molecule has 6 nitrogen and oxygen atoms in total. The van der Waals surface area contributed by atoms with Crippen LogP contribution in [-0.4, -0.2) is 38.7 Å². The summed E-state index contributed by atoms with van der Waals surface area (Å²) in [5.74, 6) is 3.95. The molecule has 2 aromatic carbocycles. The second-order valence-corrected chi connectivity index (χ2v) is 7.54. The average molecular weight is 421 g/mol. The zero-order chi connectivity index (χ0) is 21.8. The summed E-state index contributed by atoms with van der Waals surface area (Å²) in [6.45, 7) is 1.29. The number of nitrogens with zero attached hydrogens (tertiary/aromatic N) is 1. The number of ether oxygens (including phenoxy) is 3. The van der Waals surface area contributed by atoms with Crippen LogP contribution in [0.3, 0.4) is 0 Å². The molecule has 4 rings (SSSR count). The standard InChI is InChI=1S/C25H27NO5/c1-28-20-6-4-17(5-7-20)22-10-8-21(31-22)9-11-25(27)26-13-12-18-14-23(29-2)24(30-3)15-19(18)16-26/h4-8,10,14-15H,9,11-13,16H2,1-3H3. The van der Waals surface area contributed by atoms with E-state index in [1.54, 1.807) is 21.3 Å². The number of aryl methyl sites for hydroxylation is 1. The van der Waals surface area contributed by atoms with Crippen LogP contribution in [0, 0.1) is 0 Å². The van der Waals surface area contributed by atoms with E-state index in [2.05, 4.69) is 0 Å². The van der Waals surface area contributed by atoms with Gasteiger partial charge in [0.1, 0.15) is 17.3 Å². The zero-order valence-corrected chi connectivity index (χ0v) is 18.1. The van der Waals surface area contributed by atoms with E-state index in [-0.39, 0.29) is 5.91 Å². The van der Waals surface area contributed by atoms with Gasteiger partial charge in [-0.25, -0.2) is 0 Å². The van der Waals surface area contributed by atoms with E-state index in [4.69, 9.17) is 18.6 Å². The van der Waals surface area contributed by atoms with Gasteiger partial charge in [-0.15, -0.1) is 0 Å². The number of rotatable bonds is 7. The van der Waals surface area contributed by atoms with Crippen molar-refractivity contribution in [2.75, 3.05) is 27.9 Å². The average Bonchev–Trinajstić information content (AvgIpc) is 3.30. The Hall–Kier alpha value is -3.41. The van der Waals surface area contributed by atoms with Gasteiger partial charge in [-0.3, -0.25) is 4.79 Å². The van der Waals surface area contributed by atoms with E-state index in [9.17, 15) is 4.79 Å². The molecule has 162 valence electrons.